The topological polar surface area (TPSA) is 72.7 Å². The molecule has 22 heavy (non-hydrogen) atoms. The van der Waals surface area contributed by atoms with E-state index in [2.05, 4.69) is 20.3 Å². The van der Waals surface area contributed by atoms with Gasteiger partial charge in [0.15, 0.2) is 0 Å². The number of nitrogens with one attached hydrogen (secondary N) is 1. The highest BCUT2D eigenvalue weighted by Crippen LogP contribution is 2.12. The number of aryl methyl sites for hydroxylation is 1. The molecule has 7 heteroatoms. The van der Waals surface area contributed by atoms with Crippen molar-refractivity contribution in [3.63, 3.8) is 0 Å². The molecule has 0 unspecified atom stereocenters. The molecular formula is C15H12FN5O. The summed E-state index contributed by atoms with van der Waals surface area (Å²) >= 11 is 0. The number of anilines is 1. The van der Waals surface area contributed by atoms with Crippen molar-refractivity contribution in [1.82, 2.24) is 19.5 Å². The second-order valence-corrected chi connectivity index (χ2v) is 4.57. The van der Waals surface area contributed by atoms with Crippen LogP contribution >= 0.6 is 0 Å². The zero-order valence-electron chi connectivity index (χ0n) is 11.7. The molecule has 3 aromatic rings. The maximum absolute atomic E-state index is 12.9. The monoisotopic (exact) mass is 297 g/mol. The van der Waals surface area contributed by atoms with Crippen molar-refractivity contribution in [2.24, 2.45) is 0 Å². The van der Waals surface area contributed by atoms with Gasteiger partial charge in [-0.2, -0.15) is 0 Å². The molecule has 2 aromatic heterocycles. The van der Waals surface area contributed by atoms with E-state index in [9.17, 15) is 9.18 Å². The van der Waals surface area contributed by atoms with Crippen LogP contribution < -0.4 is 5.32 Å². The van der Waals surface area contributed by atoms with Crippen molar-refractivity contribution in [2.75, 3.05) is 5.32 Å². The van der Waals surface area contributed by atoms with Gasteiger partial charge in [-0.05, 0) is 31.2 Å². The molecule has 0 aliphatic rings. The minimum atomic E-state index is -0.392. The van der Waals surface area contributed by atoms with Crippen molar-refractivity contribution in [3.8, 4) is 5.82 Å². The molecule has 0 spiro atoms. The number of rotatable bonds is 3. The number of benzene rings is 1. The lowest BCUT2D eigenvalue weighted by molar-refractivity contribution is 0.102. The van der Waals surface area contributed by atoms with Crippen molar-refractivity contribution in [3.05, 3.63) is 66.3 Å². The average Bonchev–Trinajstić information content (AvgIpc) is 2.94. The van der Waals surface area contributed by atoms with Crippen LogP contribution in [-0.2, 0) is 0 Å². The Balaban J connectivity index is 1.82. The maximum atomic E-state index is 12.9. The predicted octanol–water partition coefficient (Wildman–Crippen LogP) is 2.36. The van der Waals surface area contributed by atoms with Gasteiger partial charge in [-0.3, -0.25) is 9.36 Å². The van der Waals surface area contributed by atoms with E-state index in [4.69, 9.17) is 0 Å². The van der Waals surface area contributed by atoms with Crippen LogP contribution in [0.2, 0.25) is 0 Å². The molecule has 0 saturated carbocycles. The minimum Gasteiger partial charge on any atom is -0.306 e. The van der Waals surface area contributed by atoms with Crippen LogP contribution in [0.5, 0.6) is 0 Å². The quantitative estimate of drug-likeness (QED) is 0.805. The number of aromatic nitrogens is 4. The predicted molar refractivity (Wildman–Crippen MR) is 78.2 cm³/mol. The first-order chi connectivity index (χ1) is 10.6. The van der Waals surface area contributed by atoms with E-state index in [0.29, 0.717) is 17.2 Å². The third kappa shape index (κ3) is 2.83. The molecule has 1 amide bonds. The fraction of sp³-hybridized carbons (Fsp3) is 0.0667. The van der Waals surface area contributed by atoms with Crippen LogP contribution in [0.3, 0.4) is 0 Å². The molecule has 0 aliphatic heterocycles. The lowest BCUT2D eigenvalue weighted by Gasteiger charge is -2.07. The Kier molecular flexibility index (Phi) is 3.61. The maximum Gasteiger partial charge on any atom is 0.256 e. The number of carbonyl (C=O) groups excluding carboxylic acids is 1. The van der Waals surface area contributed by atoms with Gasteiger partial charge in [0.1, 0.15) is 29.6 Å². The molecule has 0 atom stereocenters. The Bertz CT molecular complexity index is 813. The Morgan fingerprint density at radius 3 is 2.64 bits per heavy atom. The molecule has 1 aromatic carbocycles. The van der Waals surface area contributed by atoms with Crippen molar-refractivity contribution in [2.45, 2.75) is 6.92 Å². The van der Waals surface area contributed by atoms with Gasteiger partial charge >= 0.3 is 0 Å². The number of carbonyl (C=O) groups is 1. The summed E-state index contributed by atoms with van der Waals surface area (Å²) in [5.74, 6) is 0.963. The van der Waals surface area contributed by atoms with E-state index in [1.807, 2.05) is 6.92 Å². The summed E-state index contributed by atoms with van der Waals surface area (Å²) < 4.78 is 14.6. The van der Waals surface area contributed by atoms with Gasteiger partial charge in [0.2, 0.25) is 0 Å². The highest BCUT2D eigenvalue weighted by atomic mass is 19.1. The van der Waals surface area contributed by atoms with E-state index in [1.165, 1.54) is 30.6 Å². The van der Waals surface area contributed by atoms with Crippen LogP contribution in [0.1, 0.15) is 16.2 Å². The number of nitrogens with zero attached hydrogens (tertiary/aromatic N) is 4. The lowest BCUT2D eigenvalue weighted by Crippen LogP contribution is -2.13. The summed E-state index contributed by atoms with van der Waals surface area (Å²) in [5.41, 5.74) is 0.348. The first-order valence-electron chi connectivity index (χ1n) is 6.53. The van der Waals surface area contributed by atoms with Crippen LogP contribution in [0, 0.1) is 12.7 Å². The van der Waals surface area contributed by atoms with Crippen LogP contribution in [-0.4, -0.2) is 25.4 Å². The molecule has 110 valence electrons. The van der Waals surface area contributed by atoms with Crippen molar-refractivity contribution < 1.29 is 9.18 Å². The molecule has 1 N–H and O–H groups in total. The van der Waals surface area contributed by atoms with E-state index < -0.39 is 5.82 Å². The molecule has 0 fully saturated rings. The molecule has 0 radical (unpaired) electrons. The lowest BCUT2D eigenvalue weighted by atomic mass is 10.2. The normalized spacial score (nSPS) is 10.5. The largest absolute Gasteiger partial charge is 0.306 e. The Hall–Kier alpha value is -3.09. The summed E-state index contributed by atoms with van der Waals surface area (Å²) in [4.78, 5) is 24.4. The molecule has 0 bridgehead atoms. The number of imidazole rings is 1. The Morgan fingerprint density at radius 1 is 1.18 bits per heavy atom. The Morgan fingerprint density at radius 2 is 1.95 bits per heavy atom. The zero-order valence-corrected chi connectivity index (χ0v) is 11.7. The van der Waals surface area contributed by atoms with E-state index >= 15 is 0 Å². The van der Waals surface area contributed by atoms with E-state index in [-0.39, 0.29) is 5.91 Å². The van der Waals surface area contributed by atoms with Gasteiger partial charge in [-0.25, -0.2) is 19.3 Å². The summed E-state index contributed by atoms with van der Waals surface area (Å²) in [6.07, 6.45) is 4.78. The fourth-order valence-corrected chi connectivity index (χ4v) is 1.96. The number of hydrogen-bond acceptors (Lipinski definition) is 4. The van der Waals surface area contributed by atoms with Gasteiger partial charge in [0.05, 0.1) is 0 Å². The second-order valence-electron chi connectivity index (χ2n) is 4.57. The molecule has 3 rings (SSSR count). The van der Waals surface area contributed by atoms with Crippen LogP contribution in [0.15, 0.2) is 49.1 Å². The van der Waals surface area contributed by atoms with E-state index in [1.54, 1.807) is 23.0 Å². The fourth-order valence-electron chi connectivity index (χ4n) is 1.96. The van der Waals surface area contributed by atoms with Crippen molar-refractivity contribution >= 4 is 11.7 Å². The summed E-state index contributed by atoms with van der Waals surface area (Å²) in [6.45, 7) is 1.85. The highest BCUT2D eigenvalue weighted by molar-refractivity contribution is 6.03. The van der Waals surface area contributed by atoms with Crippen LogP contribution in [0.4, 0.5) is 10.2 Å². The van der Waals surface area contributed by atoms with E-state index in [0.717, 1.165) is 5.82 Å². The SMILES string of the molecule is Cc1nccn1-c1cc(NC(=O)c2ccc(F)cc2)ncn1. The average molecular weight is 297 g/mol. The van der Waals surface area contributed by atoms with Gasteiger partial charge < -0.3 is 5.32 Å². The van der Waals surface area contributed by atoms with Gasteiger partial charge in [-0.1, -0.05) is 0 Å². The third-order valence-corrected chi connectivity index (χ3v) is 3.07. The van der Waals surface area contributed by atoms with Gasteiger partial charge in [0.25, 0.3) is 5.91 Å². The second kappa shape index (κ2) is 5.72. The van der Waals surface area contributed by atoms with Gasteiger partial charge in [0, 0.05) is 24.0 Å². The van der Waals surface area contributed by atoms with Crippen LogP contribution in [0.25, 0.3) is 5.82 Å². The van der Waals surface area contributed by atoms with Crippen molar-refractivity contribution in [1.29, 1.82) is 0 Å². The summed E-state index contributed by atoms with van der Waals surface area (Å²) in [6, 6.07) is 6.92. The molecule has 0 aliphatic carbocycles. The first kappa shape index (κ1) is 13.9. The number of hydrogen-bond donors (Lipinski definition) is 1. The number of halogens is 1. The minimum absolute atomic E-state index is 0.348. The molecular weight excluding hydrogens is 285 g/mol. The standard InChI is InChI=1S/C15H12FN5O/c1-10-17-6-7-21(10)14-8-13(18-9-19-14)20-15(22)11-2-4-12(16)5-3-11/h2-9H,1H3,(H,18,19,20,22). The Labute approximate surface area is 125 Å². The zero-order chi connectivity index (χ0) is 15.5. The molecule has 2 heterocycles. The van der Waals surface area contributed by atoms with Gasteiger partial charge in [-0.15, -0.1) is 0 Å². The smallest absolute Gasteiger partial charge is 0.256 e. The number of amides is 1. The summed E-state index contributed by atoms with van der Waals surface area (Å²) in [5, 5.41) is 2.65. The molecule has 6 nitrogen and oxygen atoms in total. The summed E-state index contributed by atoms with van der Waals surface area (Å²) in [7, 11) is 0. The molecule has 0 saturated heterocycles. The highest BCUT2D eigenvalue weighted by Gasteiger charge is 2.09. The third-order valence-electron chi connectivity index (χ3n) is 3.07. The first-order valence-corrected chi connectivity index (χ1v) is 6.53.